The third-order valence-electron chi connectivity index (χ3n) is 2.44. The molecule has 0 aliphatic rings. The summed E-state index contributed by atoms with van der Waals surface area (Å²) in [6.45, 7) is -0.710. The van der Waals surface area contributed by atoms with Crippen LogP contribution in [0.25, 0.3) is 0 Å². The van der Waals surface area contributed by atoms with Gasteiger partial charge in [0.2, 0.25) is 0 Å². The van der Waals surface area contributed by atoms with E-state index in [1.807, 2.05) is 0 Å². The summed E-state index contributed by atoms with van der Waals surface area (Å²) in [5.74, 6) is -1.78. The van der Waals surface area contributed by atoms with Crippen LogP contribution in [0.1, 0.15) is 10.4 Å². The van der Waals surface area contributed by atoms with Crippen LogP contribution in [0.15, 0.2) is 12.1 Å². The number of methoxy groups -OCH3 is 1. The summed E-state index contributed by atoms with van der Waals surface area (Å²) in [6, 6.07) is 0.580. The van der Waals surface area contributed by atoms with E-state index in [9.17, 15) is 19.7 Å². The van der Waals surface area contributed by atoms with Crippen LogP contribution in [0.2, 0.25) is 10.0 Å². The second-order valence-electron chi connectivity index (χ2n) is 3.78. The molecule has 1 aromatic carbocycles. The highest BCUT2D eigenvalue weighted by Gasteiger charge is 2.25. The van der Waals surface area contributed by atoms with Crippen molar-refractivity contribution < 1.29 is 24.4 Å². The SMILES string of the molecule is COC(=O)C(CO)NC(=O)c1cc([N+](=O)[O-])cc(Cl)c1Cl. The molecule has 1 aromatic rings. The van der Waals surface area contributed by atoms with Crippen molar-refractivity contribution >= 4 is 40.8 Å². The lowest BCUT2D eigenvalue weighted by Crippen LogP contribution is -2.44. The van der Waals surface area contributed by atoms with E-state index < -0.39 is 35.1 Å². The lowest BCUT2D eigenvalue weighted by atomic mass is 10.1. The van der Waals surface area contributed by atoms with Crippen molar-refractivity contribution in [2.75, 3.05) is 13.7 Å². The first-order valence-corrected chi connectivity index (χ1v) is 6.20. The zero-order valence-corrected chi connectivity index (χ0v) is 12.1. The second-order valence-corrected chi connectivity index (χ2v) is 4.56. The van der Waals surface area contributed by atoms with Gasteiger partial charge in [-0.3, -0.25) is 14.9 Å². The Kier molecular flexibility index (Phi) is 5.89. The molecule has 0 bridgehead atoms. The number of nitrogens with one attached hydrogen (secondary N) is 1. The van der Waals surface area contributed by atoms with Gasteiger partial charge in [-0.05, 0) is 0 Å². The maximum Gasteiger partial charge on any atom is 0.330 e. The number of nitro benzene ring substituents is 1. The molecular weight excluding hydrogens is 327 g/mol. The van der Waals surface area contributed by atoms with Crippen LogP contribution in [-0.2, 0) is 9.53 Å². The predicted octanol–water partition coefficient (Wildman–Crippen LogP) is 1.17. The van der Waals surface area contributed by atoms with Crippen molar-refractivity contribution in [1.29, 1.82) is 0 Å². The zero-order valence-electron chi connectivity index (χ0n) is 10.6. The molecule has 21 heavy (non-hydrogen) atoms. The normalized spacial score (nSPS) is 11.6. The number of nitrogens with zero attached hydrogens (tertiary/aromatic N) is 1. The molecule has 10 heteroatoms. The summed E-state index contributed by atoms with van der Waals surface area (Å²) in [4.78, 5) is 33.2. The van der Waals surface area contributed by atoms with Crippen molar-refractivity contribution in [2.24, 2.45) is 0 Å². The van der Waals surface area contributed by atoms with Crippen LogP contribution in [0, 0.1) is 10.1 Å². The van der Waals surface area contributed by atoms with Crippen molar-refractivity contribution in [3.8, 4) is 0 Å². The second kappa shape index (κ2) is 7.21. The molecule has 1 atom stereocenters. The van der Waals surface area contributed by atoms with Gasteiger partial charge >= 0.3 is 5.97 Å². The Bertz CT molecular complexity index is 592. The van der Waals surface area contributed by atoms with E-state index in [0.717, 1.165) is 19.2 Å². The highest BCUT2D eigenvalue weighted by atomic mass is 35.5. The van der Waals surface area contributed by atoms with Crippen LogP contribution in [0.5, 0.6) is 0 Å². The molecule has 0 radical (unpaired) electrons. The van der Waals surface area contributed by atoms with Gasteiger partial charge in [-0.2, -0.15) is 0 Å². The standard InChI is InChI=1S/C11H10Cl2N2O6/c1-21-11(18)8(4-16)14-10(17)6-2-5(15(19)20)3-7(12)9(6)13/h2-3,8,16H,4H2,1H3,(H,14,17). The molecule has 0 spiro atoms. The molecule has 0 aliphatic heterocycles. The van der Waals surface area contributed by atoms with Crippen LogP contribution in [0.3, 0.4) is 0 Å². The summed E-state index contributed by atoms with van der Waals surface area (Å²) in [5, 5.41) is 21.5. The van der Waals surface area contributed by atoms with Crippen LogP contribution in [0.4, 0.5) is 5.69 Å². The van der Waals surface area contributed by atoms with Crippen LogP contribution >= 0.6 is 23.2 Å². The number of esters is 1. The zero-order chi connectivity index (χ0) is 16.2. The molecule has 1 unspecified atom stereocenters. The molecule has 0 aromatic heterocycles. The number of non-ortho nitro benzene ring substituents is 1. The van der Waals surface area contributed by atoms with Gasteiger partial charge in [-0.1, -0.05) is 23.2 Å². The van der Waals surface area contributed by atoms with E-state index in [1.54, 1.807) is 0 Å². The van der Waals surface area contributed by atoms with Gasteiger partial charge in [-0.25, -0.2) is 4.79 Å². The molecule has 0 aliphatic carbocycles. The third kappa shape index (κ3) is 4.03. The molecular formula is C11H10Cl2N2O6. The lowest BCUT2D eigenvalue weighted by molar-refractivity contribution is -0.384. The fourth-order valence-electron chi connectivity index (χ4n) is 1.40. The highest BCUT2D eigenvalue weighted by molar-refractivity contribution is 6.44. The fourth-order valence-corrected chi connectivity index (χ4v) is 1.81. The summed E-state index contributed by atoms with van der Waals surface area (Å²) in [6.07, 6.45) is 0. The summed E-state index contributed by atoms with van der Waals surface area (Å²) in [5.41, 5.74) is -0.730. The number of ether oxygens (including phenoxy) is 1. The average molecular weight is 337 g/mol. The number of carbonyl (C=O) groups excluding carboxylic acids is 2. The van der Waals surface area contributed by atoms with E-state index in [2.05, 4.69) is 10.1 Å². The van der Waals surface area contributed by atoms with E-state index in [0.29, 0.717) is 0 Å². The number of carbonyl (C=O) groups is 2. The maximum atomic E-state index is 12.0. The minimum Gasteiger partial charge on any atom is -0.467 e. The molecule has 0 saturated heterocycles. The van der Waals surface area contributed by atoms with Crippen molar-refractivity contribution in [1.82, 2.24) is 5.32 Å². The van der Waals surface area contributed by atoms with Gasteiger partial charge in [0.1, 0.15) is 0 Å². The molecule has 0 fully saturated rings. The number of hydrogen-bond donors (Lipinski definition) is 2. The largest absolute Gasteiger partial charge is 0.467 e. The number of hydrogen-bond acceptors (Lipinski definition) is 6. The Hall–Kier alpha value is -1.90. The number of nitro groups is 1. The third-order valence-corrected chi connectivity index (χ3v) is 3.24. The molecule has 0 saturated carbocycles. The molecule has 1 rings (SSSR count). The van der Waals surface area contributed by atoms with E-state index in [1.165, 1.54) is 0 Å². The summed E-state index contributed by atoms with van der Waals surface area (Å²) < 4.78 is 4.37. The van der Waals surface area contributed by atoms with E-state index >= 15 is 0 Å². The Morgan fingerprint density at radius 2 is 2.10 bits per heavy atom. The molecule has 0 heterocycles. The number of rotatable bonds is 5. The van der Waals surface area contributed by atoms with Gasteiger partial charge in [0.05, 0.1) is 34.2 Å². The molecule has 8 nitrogen and oxygen atoms in total. The van der Waals surface area contributed by atoms with Crippen LogP contribution in [-0.4, -0.2) is 41.7 Å². The van der Waals surface area contributed by atoms with Crippen molar-refractivity contribution in [2.45, 2.75) is 6.04 Å². The quantitative estimate of drug-likeness (QED) is 0.473. The molecule has 1 amide bonds. The number of aliphatic hydroxyl groups excluding tert-OH is 1. The van der Waals surface area contributed by atoms with Gasteiger partial charge < -0.3 is 15.2 Å². The van der Waals surface area contributed by atoms with Gasteiger partial charge in [-0.15, -0.1) is 0 Å². The topological polar surface area (TPSA) is 119 Å². The predicted molar refractivity (Wildman–Crippen MR) is 73.5 cm³/mol. The Morgan fingerprint density at radius 1 is 1.48 bits per heavy atom. The minimum absolute atomic E-state index is 0.186. The maximum absolute atomic E-state index is 12.0. The first kappa shape index (κ1) is 17.2. The number of benzene rings is 1. The van der Waals surface area contributed by atoms with E-state index in [-0.39, 0.29) is 15.6 Å². The molecule has 2 N–H and O–H groups in total. The van der Waals surface area contributed by atoms with Gasteiger partial charge in [0.15, 0.2) is 6.04 Å². The number of halogens is 2. The Balaban J connectivity index is 3.12. The number of aliphatic hydroxyl groups is 1. The average Bonchev–Trinajstić information content (AvgIpc) is 2.45. The Morgan fingerprint density at radius 3 is 2.57 bits per heavy atom. The Labute approximate surface area is 128 Å². The van der Waals surface area contributed by atoms with Gasteiger partial charge in [0, 0.05) is 12.1 Å². The highest BCUT2D eigenvalue weighted by Crippen LogP contribution is 2.30. The first-order valence-electron chi connectivity index (χ1n) is 5.44. The minimum atomic E-state index is -1.32. The fraction of sp³-hybridized carbons (Fsp3) is 0.273. The molecule has 114 valence electrons. The number of amides is 1. The van der Waals surface area contributed by atoms with Gasteiger partial charge in [0.25, 0.3) is 11.6 Å². The van der Waals surface area contributed by atoms with E-state index in [4.69, 9.17) is 28.3 Å². The van der Waals surface area contributed by atoms with Crippen molar-refractivity contribution in [3.05, 3.63) is 37.9 Å². The van der Waals surface area contributed by atoms with Crippen LogP contribution < -0.4 is 5.32 Å². The summed E-state index contributed by atoms with van der Waals surface area (Å²) >= 11 is 11.5. The van der Waals surface area contributed by atoms with Crippen molar-refractivity contribution in [3.63, 3.8) is 0 Å². The monoisotopic (exact) mass is 336 g/mol. The lowest BCUT2D eigenvalue weighted by Gasteiger charge is -2.14. The first-order chi connectivity index (χ1) is 9.81. The smallest absolute Gasteiger partial charge is 0.330 e. The summed E-state index contributed by atoms with van der Waals surface area (Å²) in [7, 11) is 1.08.